The number of nitrogens with zero attached hydrogens (tertiary/aromatic N) is 1. The summed E-state index contributed by atoms with van der Waals surface area (Å²) in [4.78, 5) is 4.57. The summed E-state index contributed by atoms with van der Waals surface area (Å²) < 4.78 is 5.85. The lowest BCUT2D eigenvalue weighted by Crippen LogP contribution is -2.68. The first-order valence-corrected chi connectivity index (χ1v) is 9.89. The van der Waals surface area contributed by atoms with E-state index in [4.69, 9.17) is 27.9 Å². The van der Waals surface area contributed by atoms with Gasteiger partial charge in [0.1, 0.15) is 0 Å². The second-order valence-electron chi connectivity index (χ2n) is 7.63. The van der Waals surface area contributed by atoms with E-state index in [1.165, 1.54) is 0 Å². The average molecular weight is 400 g/mol. The van der Waals surface area contributed by atoms with E-state index in [0.29, 0.717) is 39.6 Å². The van der Waals surface area contributed by atoms with Crippen LogP contribution in [-0.4, -0.2) is 42.9 Å². The number of hydrogen-bond acceptors (Lipinski definition) is 3. The van der Waals surface area contributed by atoms with Gasteiger partial charge in [0.15, 0.2) is 5.96 Å². The Balaban J connectivity index is 1.67. The lowest BCUT2D eigenvalue weighted by molar-refractivity contribution is -0.106. The molecule has 2 aliphatic rings. The summed E-state index contributed by atoms with van der Waals surface area (Å²) in [7, 11) is 0. The van der Waals surface area contributed by atoms with E-state index in [2.05, 4.69) is 29.5 Å². The Hall–Kier alpha value is -1.01. The van der Waals surface area contributed by atoms with Gasteiger partial charge >= 0.3 is 0 Å². The summed E-state index contributed by atoms with van der Waals surface area (Å²) in [6.45, 7) is 8.29. The predicted octanol–water partition coefficient (Wildman–Crippen LogP) is 3.40. The molecule has 1 aromatic rings. The van der Waals surface area contributed by atoms with Crippen molar-refractivity contribution >= 4 is 29.2 Å². The molecule has 1 heterocycles. The fourth-order valence-corrected chi connectivity index (χ4v) is 4.68. The Morgan fingerprint density at radius 2 is 2.04 bits per heavy atom. The van der Waals surface area contributed by atoms with Crippen LogP contribution in [0.1, 0.15) is 38.9 Å². The molecule has 26 heavy (non-hydrogen) atoms. The second kappa shape index (κ2) is 7.93. The zero-order chi connectivity index (χ0) is 18.9. The summed E-state index contributed by atoms with van der Waals surface area (Å²) in [5, 5.41) is 18.3. The van der Waals surface area contributed by atoms with Crippen molar-refractivity contribution in [3.63, 3.8) is 0 Å². The van der Waals surface area contributed by atoms with Gasteiger partial charge in [-0.3, -0.25) is 4.99 Å². The minimum atomic E-state index is -0.765. The van der Waals surface area contributed by atoms with Crippen LogP contribution in [0.5, 0.6) is 0 Å². The van der Waals surface area contributed by atoms with Gasteiger partial charge in [0.2, 0.25) is 0 Å². The topological polar surface area (TPSA) is 65.9 Å². The normalized spacial score (nSPS) is 28.2. The van der Waals surface area contributed by atoms with Gasteiger partial charge in [-0.1, -0.05) is 37.0 Å². The van der Waals surface area contributed by atoms with E-state index >= 15 is 0 Å². The van der Waals surface area contributed by atoms with E-state index in [-0.39, 0.29) is 12.0 Å². The largest absolute Gasteiger partial charge is 0.386 e. The lowest BCUT2D eigenvalue weighted by Gasteiger charge is -2.54. The molecule has 1 saturated carbocycles. The molecule has 1 saturated heterocycles. The van der Waals surface area contributed by atoms with E-state index < -0.39 is 6.10 Å². The smallest absolute Gasteiger partial charge is 0.191 e. The highest BCUT2D eigenvalue weighted by Crippen LogP contribution is 2.52. The number of guanidine groups is 1. The number of aliphatic imine (C=N–C) groups is 1. The molecule has 3 N–H and O–H groups in total. The molecule has 0 spiro atoms. The van der Waals surface area contributed by atoms with Gasteiger partial charge in [0.05, 0.1) is 18.8 Å². The fourth-order valence-electron chi connectivity index (χ4n) is 4.14. The van der Waals surface area contributed by atoms with Crippen LogP contribution in [-0.2, 0) is 4.74 Å². The zero-order valence-corrected chi connectivity index (χ0v) is 16.9. The minimum Gasteiger partial charge on any atom is -0.386 e. The van der Waals surface area contributed by atoms with Gasteiger partial charge in [-0.05, 0) is 37.1 Å². The van der Waals surface area contributed by atoms with Gasteiger partial charge < -0.3 is 20.5 Å². The molecular weight excluding hydrogens is 373 g/mol. The first-order chi connectivity index (χ1) is 12.3. The number of aliphatic hydroxyl groups excluding tert-OH is 1. The summed E-state index contributed by atoms with van der Waals surface area (Å²) in [6.07, 6.45) is 0.634. The number of halogens is 2. The number of rotatable bonds is 5. The van der Waals surface area contributed by atoms with Crippen LogP contribution in [0, 0.1) is 11.3 Å². The molecule has 5 nitrogen and oxygen atoms in total. The number of fused-ring (bicyclic) bond motifs is 1. The first-order valence-electron chi connectivity index (χ1n) is 9.13. The Labute approximate surface area is 165 Å². The van der Waals surface area contributed by atoms with E-state index in [1.54, 1.807) is 18.2 Å². The molecule has 0 radical (unpaired) electrons. The zero-order valence-electron chi connectivity index (χ0n) is 15.4. The third-order valence-corrected chi connectivity index (χ3v) is 5.87. The molecule has 1 aliphatic carbocycles. The van der Waals surface area contributed by atoms with Gasteiger partial charge in [0, 0.05) is 40.6 Å². The maximum absolute atomic E-state index is 10.4. The van der Waals surface area contributed by atoms with Crippen molar-refractivity contribution in [3.05, 3.63) is 33.8 Å². The number of benzene rings is 1. The quantitative estimate of drug-likeness (QED) is 0.524. The Morgan fingerprint density at radius 1 is 1.35 bits per heavy atom. The monoisotopic (exact) mass is 399 g/mol. The van der Waals surface area contributed by atoms with Crippen molar-refractivity contribution in [1.29, 1.82) is 0 Å². The van der Waals surface area contributed by atoms with Crippen LogP contribution in [0.4, 0.5) is 0 Å². The van der Waals surface area contributed by atoms with E-state index in [1.807, 2.05) is 6.92 Å². The highest BCUT2D eigenvalue weighted by atomic mass is 35.5. The van der Waals surface area contributed by atoms with Crippen LogP contribution in [0.2, 0.25) is 10.0 Å². The van der Waals surface area contributed by atoms with Crippen LogP contribution in [0.25, 0.3) is 0 Å². The fraction of sp³-hybridized carbons (Fsp3) is 0.632. The predicted molar refractivity (Wildman–Crippen MR) is 106 cm³/mol. The van der Waals surface area contributed by atoms with Crippen molar-refractivity contribution < 1.29 is 9.84 Å². The summed E-state index contributed by atoms with van der Waals surface area (Å²) in [6, 6.07) is 5.38. The molecule has 4 atom stereocenters. The molecule has 0 aromatic heterocycles. The highest BCUT2D eigenvalue weighted by molar-refractivity contribution is 6.34. The summed E-state index contributed by atoms with van der Waals surface area (Å²) in [5.41, 5.74) is 0.728. The second-order valence-corrected chi connectivity index (χ2v) is 8.50. The molecule has 0 bridgehead atoms. The molecule has 1 aromatic carbocycles. The highest BCUT2D eigenvalue weighted by Gasteiger charge is 2.59. The standard InChI is InChI=1S/C19H27Cl2N3O2/c1-4-22-18(24-16-14-5-6-26-17(14)19(16,2)3)23-10-15(25)11-7-12(20)9-13(21)8-11/h7-9,14-17,25H,4-6,10H2,1-3H3,(H2,22,23,24). The van der Waals surface area contributed by atoms with E-state index in [9.17, 15) is 5.11 Å². The molecule has 1 aliphatic heterocycles. The number of ether oxygens (including phenoxy) is 1. The minimum absolute atomic E-state index is 0.0659. The van der Waals surface area contributed by atoms with Gasteiger partial charge in [-0.15, -0.1) is 0 Å². The summed E-state index contributed by atoms with van der Waals surface area (Å²) >= 11 is 12.0. The molecular formula is C19H27Cl2N3O2. The Morgan fingerprint density at radius 3 is 2.69 bits per heavy atom. The van der Waals surface area contributed by atoms with Gasteiger partial charge in [-0.2, -0.15) is 0 Å². The Kier molecular flexibility index (Phi) is 6.02. The molecule has 0 amide bonds. The molecule has 7 heteroatoms. The third kappa shape index (κ3) is 3.96. The molecule has 3 rings (SSSR count). The van der Waals surface area contributed by atoms with Crippen LogP contribution < -0.4 is 10.6 Å². The SMILES string of the molecule is CCNC(=NCC(O)c1cc(Cl)cc(Cl)c1)NC1C2CCOC2C1(C)C. The molecule has 4 unspecified atom stereocenters. The van der Waals surface area contributed by atoms with Crippen molar-refractivity contribution in [3.8, 4) is 0 Å². The van der Waals surface area contributed by atoms with Crippen molar-refractivity contribution in [2.24, 2.45) is 16.3 Å². The van der Waals surface area contributed by atoms with Crippen LogP contribution >= 0.6 is 23.2 Å². The van der Waals surface area contributed by atoms with Gasteiger partial charge in [-0.25, -0.2) is 0 Å². The maximum atomic E-state index is 10.4. The van der Waals surface area contributed by atoms with Crippen molar-refractivity contribution in [2.75, 3.05) is 19.7 Å². The first kappa shape index (κ1) is 19.7. The maximum Gasteiger partial charge on any atom is 0.191 e. The molecule has 144 valence electrons. The molecule has 2 fully saturated rings. The Bertz CT molecular complexity index is 660. The number of aliphatic hydroxyl groups is 1. The van der Waals surface area contributed by atoms with E-state index in [0.717, 1.165) is 19.6 Å². The average Bonchev–Trinajstić information content (AvgIpc) is 3.03. The lowest BCUT2D eigenvalue weighted by atomic mass is 9.57. The van der Waals surface area contributed by atoms with Crippen molar-refractivity contribution in [1.82, 2.24) is 10.6 Å². The number of nitrogens with one attached hydrogen (secondary N) is 2. The van der Waals surface area contributed by atoms with Crippen LogP contribution in [0.15, 0.2) is 23.2 Å². The van der Waals surface area contributed by atoms with Gasteiger partial charge in [0.25, 0.3) is 0 Å². The third-order valence-electron chi connectivity index (χ3n) is 5.43. The van der Waals surface area contributed by atoms with Crippen molar-refractivity contribution in [2.45, 2.75) is 45.4 Å². The number of hydrogen-bond donors (Lipinski definition) is 3. The van der Waals surface area contributed by atoms with Crippen LogP contribution in [0.3, 0.4) is 0 Å². The summed E-state index contributed by atoms with van der Waals surface area (Å²) in [5.74, 6) is 1.23.